The summed E-state index contributed by atoms with van der Waals surface area (Å²) in [5.74, 6) is 0.437. The molecule has 1 fully saturated rings. The summed E-state index contributed by atoms with van der Waals surface area (Å²) in [6.07, 6.45) is 9.63. The summed E-state index contributed by atoms with van der Waals surface area (Å²) >= 11 is 1.59. The number of carbonyl (C=O) groups is 1. The summed E-state index contributed by atoms with van der Waals surface area (Å²) in [5.41, 5.74) is 1.76. The summed E-state index contributed by atoms with van der Waals surface area (Å²) in [5, 5.41) is 6.97. The zero-order chi connectivity index (χ0) is 17.8. The third-order valence-corrected chi connectivity index (χ3v) is 5.70. The molecule has 4 rings (SSSR count). The first kappa shape index (κ1) is 19.5. The summed E-state index contributed by atoms with van der Waals surface area (Å²) < 4.78 is 1.99. The molecule has 2 N–H and O–H groups in total. The molecule has 2 aromatic heterocycles. The summed E-state index contributed by atoms with van der Waals surface area (Å²) in [6, 6.07) is 7.64. The molecule has 1 saturated heterocycles. The quantitative estimate of drug-likeness (QED) is 0.683. The predicted octanol–water partition coefficient (Wildman–Crippen LogP) is 3.53. The van der Waals surface area contributed by atoms with E-state index in [1.165, 1.54) is 4.88 Å². The van der Waals surface area contributed by atoms with Gasteiger partial charge < -0.3 is 9.88 Å². The topological polar surface area (TPSA) is 71.8 Å². The van der Waals surface area contributed by atoms with E-state index in [0.29, 0.717) is 16.6 Å². The molecule has 0 bridgehead atoms. The maximum absolute atomic E-state index is 12.5. The number of anilines is 1. The van der Waals surface area contributed by atoms with Crippen LogP contribution in [-0.2, 0) is 6.54 Å². The van der Waals surface area contributed by atoms with Crippen molar-refractivity contribution in [3.63, 3.8) is 0 Å². The molecule has 1 aliphatic heterocycles. The SMILES string of the molecule is Cl.O=C(Nc1ncc(C2CCNCC2)s1)c1ccc(Cn2ccnc2)cc1. The fourth-order valence-electron chi connectivity index (χ4n) is 3.16. The maximum Gasteiger partial charge on any atom is 0.257 e. The first-order chi connectivity index (χ1) is 12.8. The Labute approximate surface area is 168 Å². The molecule has 1 aromatic carbocycles. The molecule has 1 amide bonds. The molecule has 3 heterocycles. The lowest BCUT2D eigenvalue weighted by Crippen LogP contribution is -2.26. The number of imidazole rings is 1. The Balaban J connectivity index is 0.00000210. The van der Waals surface area contributed by atoms with Gasteiger partial charge in [-0.25, -0.2) is 9.97 Å². The standard InChI is InChI=1S/C19H21N5OS.ClH/c25-18(16-3-1-14(2-4-16)12-24-10-9-21-13-24)23-19-22-11-17(26-19)15-5-7-20-8-6-15;/h1-4,9-11,13,15,20H,5-8,12H2,(H,22,23,25);1H. The molecule has 3 aromatic rings. The molecule has 0 radical (unpaired) electrons. The van der Waals surface area contributed by atoms with Crippen molar-refractivity contribution in [2.24, 2.45) is 0 Å². The Morgan fingerprint density at radius 3 is 2.74 bits per heavy atom. The highest BCUT2D eigenvalue weighted by atomic mass is 35.5. The number of nitrogens with one attached hydrogen (secondary N) is 2. The largest absolute Gasteiger partial charge is 0.333 e. The molecule has 0 saturated carbocycles. The van der Waals surface area contributed by atoms with Gasteiger partial charge in [0.15, 0.2) is 5.13 Å². The second-order valence-electron chi connectivity index (χ2n) is 6.48. The molecular formula is C19H22ClN5OS. The van der Waals surface area contributed by atoms with E-state index >= 15 is 0 Å². The van der Waals surface area contributed by atoms with Crippen LogP contribution in [0.4, 0.5) is 5.13 Å². The average molecular weight is 404 g/mol. The molecule has 0 unspecified atom stereocenters. The number of carbonyl (C=O) groups excluding carboxylic acids is 1. The minimum absolute atomic E-state index is 0. The summed E-state index contributed by atoms with van der Waals surface area (Å²) in [4.78, 5) is 22.1. The van der Waals surface area contributed by atoms with Crippen LogP contribution in [0.1, 0.15) is 39.6 Å². The Hall–Kier alpha value is -2.22. The normalized spacial score (nSPS) is 14.5. The lowest BCUT2D eigenvalue weighted by molar-refractivity contribution is 0.102. The minimum atomic E-state index is -0.120. The molecule has 0 aliphatic carbocycles. The van der Waals surface area contributed by atoms with Gasteiger partial charge in [0, 0.05) is 35.6 Å². The van der Waals surface area contributed by atoms with Crippen molar-refractivity contribution in [2.75, 3.05) is 18.4 Å². The van der Waals surface area contributed by atoms with Crippen LogP contribution in [0.5, 0.6) is 0 Å². The number of halogens is 1. The number of benzene rings is 1. The van der Waals surface area contributed by atoms with Gasteiger partial charge >= 0.3 is 0 Å². The summed E-state index contributed by atoms with van der Waals surface area (Å²) in [6.45, 7) is 2.85. The van der Waals surface area contributed by atoms with E-state index in [9.17, 15) is 4.79 Å². The van der Waals surface area contributed by atoms with Crippen molar-refractivity contribution in [1.29, 1.82) is 0 Å². The van der Waals surface area contributed by atoms with Crippen LogP contribution in [0.3, 0.4) is 0 Å². The van der Waals surface area contributed by atoms with E-state index in [-0.39, 0.29) is 18.3 Å². The van der Waals surface area contributed by atoms with Crippen LogP contribution in [0.2, 0.25) is 0 Å². The molecule has 142 valence electrons. The Kier molecular flexibility index (Phi) is 6.60. The van der Waals surface area contributed by atoms with E-state index in [0.717, 1.165) is 38.0 Å². The van der Waals surface area contributed by atoms with Crippen LogP contribution >= 0.6 is 23.7 Å². The number of piperidine rings is 1. The number of amides is 1. The molecule has 0 spiro atoms. The van der Waals surface area contributed by atoms with Crippen LogP contribution in [0.25, 0.3) is 0 Å². The van der Waals surface area contributed by atoms with Gasteiger partial charge in [-0.15, -0.1) is 23.7 Å². The van der Waals surface area contributed by atoms with Crippen molar-refractivity contribution >= 4 is 34.8 Å². The van der Waals surface area contributed by atoms with Gasteiger partial charge in [-0.1, -0.05) is 12.1 Å². The van der Waals surface area contributed by atoms with Crippen LogP contribution in [0, 0.1) is 0 Å². The fourth-order valence-corrected chi connectivity index (χ4v) is 4.14. The van der Waals surface area contributed by atoms with Gasteiger partial charge in [-0.3, -0.25) is 10.1 Å². The van der Waals surface area contributed by atoms with Gasteiger partial charge in [0.2, 0.25) is 0 Å². The maximum atomic E-state index is 12.5. The van der Waals surface area contributed by atoms with E-state index in [4.69, 9.17) is 0 Å². The lowest BCUT2D eigenvalue weighted by atomic mass is 9.97. The van der Waals surface area contributed by atoms with Crippen LogP contribution in [-0.4, -0.2) is 33.5 Å². The van der Waals surface area contributed by atoms with E-state index in [2.05, 4.69) is 20.6 Å². The van der Waals surface area contributed by atoms with E-state index < -0.39 is 0 Å². The molecule has 27 heavy (non-hydrogen) atoms. The second-order valence-corrected chi connectivity index (χ2v) is 7.54. The smallest absolute Gasteiger partial charge is 0.257 e. The van der Waals surface area contributed by atoms with Gasteiger partial charge in [-0.2, -0.15) is 0 Å². The van der Waals surface area contributed by atoms with Crippen molar-refractivity contribution in [1.82, 2.24) is 19.9 Å². The lowest BCUT2D eigenvalue weighted by Gasteiger charge is -2.20. The number of aromatic nitrogens is 3. The Bertz CT molecular complexity index is 857. The van der Waals surface area contributed by atoms with Crippen LogP contribution in [0.15, 0.2) is 49.2 Å². The van der Waals surface area contributed by atoms with Gasteiger partial charge in [0.05, 0.1) is 6.33 Å². The molecule has 0 atom stereocenters. The third kappa shape index (κ3) is 4.94. The van der Waals surface area contributed by atoms with Gasteiger partial charge in [0.1, 0.15) is 0 Å². The number of hydrogen-bond donors (Lipinski definition) is 2. The van der Waals surface area contributed by atoms with Crippen molar-refractivity contribution < 1.29 is 4.79 Å². The average Bonchev–Trinajstić information content (AvgIpc) is 3.35. The van der Waals surface area contributed by atoms with Crippen molar-refractivity contribution in [3.8, 4) is 0 Å². The Morgan fingerprint density at radius 2 is 2.04 bits per heavy atom. The Morgan fingerprint density at radius 1 is 1.26 bits per heavy atom. The molecule has 6 nitrogen and oxygen atoms in total. The fraction of sp³-hybridized carbons (Fsp3) is 0.316. The number of nitrogens with zero attached hydrogens (tertiary/aromatic N) is 3. The first-order valence-corrected chi connectivity index (χ1v) is 9.62. The highest BCUT2D eigenvalue weighted by Crippen LogP contribution is 2.31. The molecule has 1 aliphatic rings. The zero-order valence-electron chi connectivity index (χ0n) is 14.8. The van der Waals surface area contributed by atoms with E-state index in [1.54, 1.807) is 23.9 Å². The highest BCUT2D eigenvalue weighted by Gasteiger charge is 2.18. The van der Waals surface area contributed by atoms with Crippen molar-refractivity contribution in [3.05, 3.63) is 65.2 Å². The summed E-state index contributed by atoms with van der Waals surface area (Å²) in [7, 11) is 0. The van der Waals surface area contributed by atoms with Crippen LogP contribution < -0.4 is 10.6 Å². The predicted molar refractivity (Wildman–Crippen MR) is 110 cm³/mol. The molecular weight excluding hydrogens is 382 g/mol. The van der Waals surface area contributed by atoms with Crippen molar-refractivity contribution in [2.45, 2.75) is 25.3 Å². The molecule has 8 heteroatoms. The van der Waals surface area contributed by atoms with E-state index in [1.807, 2.05) is 41.2 Å². The van der Waals surface area contributed by atoms with Gasteiger partial charge in [0.25, 0.3) is 5.91 Å². The third-order valence-electron chi connectivity index (χ3n) is 4.63. The minimum Gasteiger partial charge on any atom is -0.333 e. The number of thiazole rings is 1. The number of hydrogen-bond acceptors (Lipinski definition) is 5. The first-order valence-electron chi connectivity index (χ1n) is 8.80. The van der Waals surface area contributed by atoms with Gasteiger partial charge in [-0.05, 0) is 49.5 Å². The monoisotopic (exact) mass is 403 g/mol. The second kappa shape index (κ2) is 9.12. The highest BCUT2D eigenvalue weighted by molar-refractivity contribution is 7.15. The number of rotatable bonds is 5. The zero-order valence-corrected chi connectivity index (χ0v) is 16.4.